The highest BCUT2D eigenvalue weighted by Crippen LogP contribution is 2.50. The minimum absolute atomic E-state index is 0.0254. The Bertz CT molecular complexity index is 1650. The van der Waals surface area contributed by atoms with Crippen molar-refractivity contribution < 1.29 is 23.9 Å². The van der Waals surface area contributed by atoms with Crippen LogP contribution in [0.4, 0.5) is 5.69 Å². The number of carbonyl (C=O) groups excluding carboxylic acids is 1. The largest absolute Gasteiger partial charge is 0.492 e. The van der Waals surface area contributed by atoms with Crippen LogP contribution in [-0.4, -0.2) is 69.6 Å². The number of amides is 1. The highest BCUT2D eigenvalue weighted by atomic mass is 16.7. The Labute approximate surface area is 233 Å². The molecule has 1 amide bonds. The van der Waals surface area contributed by atoms with Gasteiger partial charge in [0.2, 0.25) is 12.5 Å². The molecule has 0 bridgehead atoms. The number of nitro benzene ring substituents is 1. The number of hydrogen-bond donors (Lipinski definition) is 1. The maximum atomic E-state index is 12.6. The fourth-order valence-corrected chi connectivity index (χ4v) is 4.97. The molecule has 1 N–H and O–H groups in total. The van der Waals surface area contributed by atoms with Gasteiger partial charge in [-0.1, -0.05) is 0 Å². The molecule has 6 rings (SSSR count). The Balaban J connectivity index is 1.23. The number of aromatic nitrogens is 4. The molecule has 208 valence electrons. The van der Waals surface area contributed by atoms with E-state index >= 15 is 0 Å². The van der Waals surface area contributed by atoms with Crippen LogP contribution in [0.1, 0.15) is 38.9 Å². The van der Waals surface area contributed by atoms with Crippen LogP contribution >= 0.6 is 0 Å². The molecule has 1 atom stereocenters. The lowest BCUT2D eigenvalue weighted by Gasteiger charge is -2.34. The Morgan fingerprint density at radius 2 is 1.98 bits per heavy atom. The Hall–Kier alpha value is -5.37. The first-order chi connectivity index (χ1) is 19.9. The van der Waals surface area contributed by atoms with Crippen LogP contribution in [0.2, 0.25) is 0 Å². The summed E-state index contributed by atoms with van der Waals surface area (Å²) in [7, 11) is 3.60. The number of ether oxygens (including phenoxy) is 3. The van der Waals surface area contributed by atoms with E-state index in [1.807, 2.05) is 13.1 Å². The van der Waals surface area contributed by atoms with Gasteiger partial charge in [0, 0.05) is 29.8 Å². The van der Waals surface area contributed by atoms with Crippen LogP contribution in [0.25, 0.3) is 5.69 Å². The van der Waals surface area contributed by atoms with E-state index in [0.29, 0.717) is 39.9 Å². The molecule has 3 aromatic carbocycles. The lowest BCUT2D eigenvalue weighted by molar-refractivity contribution is -0.384. The van der Waals surface area contributed by atoms with Gasteiger partial charge in [-0.2, -0.15) is 9.78 Å². The molecule has 0 radical (unpaired) electrons. The molecule has 14 nitrogen and oxygen atoms in total. The van der Waals surface area contributed by atoms with Gasteiger partial charge in [0.1, 0.15) is 6.04 Å². The lowest BCUT2D eigenvalue weighted by atomic mass is 9.90. The van der Waals surface area contributed by atoms with Crippen molar-refractivity contribution in [3.05, 3.63) is 92.8 Å². The third-order valence-corrected chi connectivity index (χ3v) is 6.99. The number of tetrazole rings is 1. The van der Waals surface area contributed by atoms with E-state index in [1.54, 1.807) is 36.1 Å². The average molecular weight is 557 g/mol. The van der Waals surface area contributed by atoms with E-state index in [2.05, 4.69) is 31.0 Å². The molecule has 2 aliphatic heterocycles. The summed E-state index contributed by atoms with van der Waals surface area (Å²) in [5, 5.41) is 27.3. The molecular formula is C27H24N8O6. The molecule has 0 saturated heterocycles. The molecule has 0 unspecified atom stereocenters. The van der Waals surface area contributed by atoms with Crippen LogP contribution in [0.3, 0.4) is 0 Å². The minimum Gasteiger partial charge on any atom is -0.492 e. The van der Waals surface area contributed by atoms with Crippen LogP contribution in [0.5, 0.6) is 17.2 Å². The number of nitrogens with one attached hydrogen (secondary N) is 1. The Morgan fingerprint density at radius 1 is 1.20 bits per heavy atom. The van der Waals surface area contributed by atoms with Crippen molar-refractivity contribution in [1.29, 1.82) is 0 Å². The van der Waals surface area contributed by atoms with Crippen molar-refractivity contribution in [1.82, 2.24) is 30.5 Å². The summed E-state index contributed by atoms with van der Waals surface area (Å²) in [4.78, 5) is 25.1. The standard InChI is InChI=1S/C27H24N8O6/c1-33-12-11-18-13-21-24(41-15-40-21)25(39-2)22(18)23(33)26-29-31-32-34(26)19-9-5-17(6-10-19)27(36)30-28-14-16-3-7-20(8-4-16)35(37)38/h3-10,13-14,23H,11-12,15H2,1-2H3,(H,30,36)/b28-14-/t23-/m1/s1. The van der Waals surface area contributed by atoms with E-state index < -0.39 is 10.8 Å². The third-order valence-electron chi connectivity index (χ3n) is 6.99. The summed E-state index contributed by atoms with van der Waals surface area (Å²) < 4.78 is 18.8. The summed E-state index contributed by atoms with van der Waals surface area (Å²) in [6.07, 6.45) is 2.20. The molecule has 0 saturated carbocycles. The first-order valence-electron chi connectivity index (χ1n) is 12.6. The Morgan fingerprint density at radius 3 is 2.71 bits per heavy atom. The second-order valence-electron chi connectivity index (χ2n) is 9.39. The summed E-state index contributed by atoms with van der Waals surface area (Å²) in [5.41, 5.74) is 6.07. The average Bonchev–Trinajstić information content (AvgIpc) is 3.66. The van der Waals surface area contributed by atoms with Gasteiger partial charge in [-0.15, -0.1) is 5.10 Å². The zero-order valence-electron chi connectivity index (χ0n) is 22.1. The monoisotopic (exact) mass is 556 g/mol. The second kappa shape index (κ2) is 10.7. The number of fused-ring (bicyclic) bond motifs is 2. The summed E-state index contributed by atoms with van der Waals surface area (Å²) >= 11 is 0. The van der Waals surface area contributed by atoms with Gasteiger partial charge in [-0.05, 0) is 77.5 Å². The number of non-ortho nitro benzene ring substituents is 1. The van der Waals surface area contributed by atoms with Gasteiger partial charge >= 0.3 is 0 Å². The van der Waals surface area contributed by atoms with Crippen LogP contribution < -0.4 is 19.6 Å². The predicted octanol–water partition coefficient (Wildman–Crippen LogP) is 2.65. The third kappa shape index (κ3) is 4.80. The number of benzene rings is 3. The van der Waals surface area contributed by atoms with Gasteiger partial charge in [0.25, 0.3) is 11.6 Å². The van der Waals surface area contributed by atoms with E-state index in [4.69, 9.17) is 14.2 Å². The summed E-state index contributed by atoms with van der Waals surface area (Å²) in [6.45, 7) is 0.905. The second-order valence-corrected chi connectivity index (χ2v) is 9.39. The molecule has 4 aromatic rings. The number of nitrogens with zero attached hydrogens (tertiary/aromatic N) is 7. The molecule has 0 spiro atoms. The summed E-state index contributed by atoms with van der Waals surface area (Å²) in [6, 6.07) is 14.3. The van der Waals surface area contributed by atoms with Crippen LogP contribution in [0, 0.1) is 10.1 Å². The molecule has 14 heteroatoms. The fourth-order valence-electron chi connectivity index (χ4n) is 4.97. The quantitative estimate of drug-likeness (QED) is 0.204. The number of hydrogen-bond acceptors (Lipinski definition) is 11. The van der Waals surface area contributed by atoms with Gasteiger partial charge in [-0.25, -0.2) is 5.43 Å². The van der Waals surface area contributed by atoms with Crippen molar-refractivity contribution in [3.63, 3.8) is 0 Å². The van der Waals surface area contributed by atoms with Crippen molar-refractivity contribution in [3.8, 4) is 22.9 Å². The smallest absolute Gasteiger partial charge is 0.271 e. The molecule has 0 aliphatic carbocycles. The van der Waals surface area contributed by atoms with Crippen molar-refractivity contribution in [2.75, 3.05) is 27.5 Å². The molecular weight excluding hydrogens is 532 g/mol. The first-order valence-corrected chi connectivity index (χ1v) is 12.6. The number of rotatable bonds is 7. The topological polar surface area (TPSA) is 159 Å². The van der Waals surface area contributed by atoms with E-state index in [9.17, 15) is 14.9 Å². The number of nitro groups is 1. The van der Waals surface area contributed by atoms with Crippen molar-refractivity contribution in [2.45, 2.75) is 12.5 Å². The lowest BCUT2D eigenvalue weighted by Crippen LogP contribution is -2.35. The van der Waals surface area contributed by atoms with E-state index in [1.165, 1.54) is 30.5 Å². The maximum absolute atomic E-state index is 12.6. The number of carbonyl (C=O) groups is 1. The van der Waals surface area contributed by atoms with Crippen molar-refractivity contribution in [2.24, 2.45) is 5.10 Å². The van der Waals surface area contributed by atoms with E-state index in [0.717, 1.165) is 24.1 Å². The molecule has 0 fully saturated rings. The van der Waals surface area contributed by atoms with Crippen molar-refractivity contribution >= 4 is 17.8 Å². The fraction of sp³-hybridized carbons (Fsp3) is 0.222. The normalized spacial score (nSPS) is 16.0. The van der Waals surface area contributed by atoms with Gasteiger partial charge < -0.3 is 14.2 Å². The zero-order valence-corrected chi connectivity index (χ0v) is 22.1. The zero-order chi connectivity index (χ0) is 28.5. The summed E-state index contributed by atoms with van der Waals surface area (Å²) in [5.74, 6) is 1.98. The molecule has 3 heterocycles. The number of hydrazone groups is 1. The van der Waals surface area contributed by atoms with Gasteiger partial charge in [0.15, 0.2) is 17.3 Å². The van der Waals surface area contributed by atoms with E-state index in [-0.39, 0.29) is 18.5 Å². The molecule has 41 heavy (non-hydrogen) atoms. The van der Waals surface area contributed by atoms with Crippen LogP contribution in [0.15, 0.2) is 59.7 Å². The molecule has 1 aromatic heterocycles. The minimum atomic E-state index is -0.483. The molecule has 2 aliphatic rings. The van der Waals surface area contributed by atoms with Crippen LogP contribution in [-0.2, 0) is 6.42 Å². The number of likely N-dealkylation sites (N-methyl/N-ethyl adjacent to an activating group) is 1. The predicted molar refractivity (Wildman–Crippen MR) is 145 cm³/mol. The first kappa shape index (κ1) is 25.9. The maximum Gasteiger partial charge on any atom is 0.271 e. The number of methoxy groups -OCH3 is 1. The highest BCUT2D eigenvalue weighted by molar-refractivity contribution is 5.95. The van der Waals surface area contributed by atoms with Gasteiger partial charge in [0.05, 0.1) is 23.9 Å². The van der Waals surface area contributed by atoms with Gasteiger partial charge in [-0.3, -0.25) is 19.8 Å². The SMILES string of the molecule is COc1c2c(cc3c1[C@H](c1nnnn1-c1ccc(C(=O)N/N=C\c4ccc([N+](=O)[O-])cc4)cc1)N(C)CC3)OCO2. The Kier molecular flexibility index (Phi) is 6.73. The highest BCUT2D eigenvalue weighted by Gasteiger charge is 2.37.